The molecule has 0 radical (unpaired) electrons. The van der Waals surface area contributed by atoms with Crippen molar-refractivity contribution >= 4 is 76.4 Å². The summed E-state index contributed by atoms with van der Waals surface area (Å²) in [5, 5.41) is 13.6. The van der Waals surface area contributed by atoms with Crippen LogP contribution in [0.2, 0.25) is 10.0 Å². The number of amides is 1. The van der Waals surface area contributed by atoms with Gasteiger partial charge in [0.2, 0.25) is 5.54 Å². The van der Waals surface area contributed by atoms with Crippen molar-refractivity contribution in [3.63, 3.8) is 0 Å². The SMILES string of the molecule is C=C(C(=O)Nc1ccccc1)C1(C(=O)O)C=c2c(Cl)cc(Cl)cc2=N1.[NaH]. The van der Waals surface area contributed by atoms with E-state index in [-0.39, 0.29) is 40.2 Å². The van der Waals surface area contributed by atoms with Crippen LogP contribution >= 0.6 is 23.2 Å². The van der Waals surface area contributed by atoms with Gasteiger partial charge >= 0.3 is 35.5 Å². The molecule has 1 atom stereocenters. The number of para-hydroxylation sites is 1. The molecule has 0 aliphatic carbocycles. The van der Waals surface area contributed by atoms with Gasteiger partial charge in [-0.25, -0.2) is 4.79 Å². The Kier molecular flexibility index (Phi) is 6.32. The first-order valence-electron chi connectivity index (χ1n) is 7.20. The van der Waals surface area contributed by atoms with E-state index in [0.29, 0.717) is 21.3 Å². The zero-order chi connectivity index (χ0) is 18.2. The normalized spacial score (nSPS) is 17.2. The number of hydrogen-bond acceptors (Lipinski definition) is 3. The molecule has 8 heteroatoms. The molecule has 1 amide bonds. The first-order chi connectivity index (χ1) is 11.8. The molecular formula is C18H13Cl2N2NaO3. The van der Waals surface area contributed by atoms with Gasteiger partial charge in [0.25, 0.3) is 5.91 Å². The Morgan fingerprint density at radius 3 is 2.42 bits per heavy atom. The van der Waals surface area contributed by atoms with Gasteiger partial charge in [0, 0.05) is 15.9 Å². The van der Waals surface area contributed by atoms with Crippen LogP contribution in [0.1, 0.15) is 0 Å². The van der Waals surface area contributed by atoms with Crippen LogP contribution in [-0.2, 0) is 9.59 Å². The van der Waals surface area contributed by atoms with Gasteiger partial charge < -0.3 is 10.4 Å². The number of carboxylic acid groups (broad SMARTS) is 1. The molecule has 5 nitrogen and oxygen atoms in total. The number of anilines is 1. The average molecular weight is 399 g/mol. The summed E-state index contributed by atoms with van der Waals surface area (Å²) in [7, 11) is 0. The molecule has 2 N–H and O–H groups in total. The summed E-state index contributed by atoms with van der Waals surface area (Å²) < 4.78 is 0. The van der Waals surface area contributed by atoms with E-state index in [1.165, 1.54) is 18.2 Å². The number of nitrogens with one attached hydrogen (secondary N) is 1. The number of carbonyl (C=O) groups is 2. The number of fused-ring (bicyclic) bond motifs is 1. The van der Waals surface area contributed by atoms with Crippen LogP contribution in [0, 0.1) is 0 Å². The summed E-state index contributed by atoms with van der Waals surface area (Å²) >= 11 is 12.1. The van der Waals surface area contributed by atoms with Crippen molar-refractivity contribution in [1.29, 1.82) is 0 Å². The van der Waals surface area contributed by atoms with E-state index in [9.17, 15) is 14.7 Å². The van der Waals surface area contributed by atoms with Crippen LogP contribution in [0.3, 0.4) is 0 Å². The molecular weight excluding hydrogens is 386 g/mol. The second kappa shape index (κ2) is 7.94. The molecule has 3 rings (SSSR count). The quantitative estimate of drug-likeness (QED) is 0.608. The summed E-state index contributed by atoms with van der Waals surface area (Å²) in [6.07, 6.45) is 1.32. The molecule has 2 aromatic carbocycles. The van der Waals surface area contributed by atoms with Crippen molar-refractivity contribution in [1.82, 2.24) is 0 Å². The number of halogens is 2. The predicted molar refractivity (Wildman–Crippen MR) is 103 cm³/mol. The second-order valence-electron chi connectivity index (χ2n) is 5.45. The minimum absolute atomic E-state index is 0. The van der Waals surface area contributed by atoms with E-state index >= 15 is 0 Å². The molecule has 1 aliphatic rings. The van der Waals surface area contributed by atoms with Gasteiger partial charge in [-0.05, 0) is 30.3 Å². The standard InChI is InChI=1S/C18H12Cl2N2O3.Na.H/c1-10(16(23)21-12-5-3-2-4-6-12)18(17(24)25)9-13-14(20)7-11(19)8-15(13)22-18;;/h2-9H,1H2,(H,21,23)(H,24,25);;. The van der Waals surface area contributed by atoms with Crippen molar-refractivity contribution in [2.75, 3.05) is 5.32 Å². The summed E-state index contributed by atoms with van der Waals surface area (Å²) in [6, 6.07) is 11.6. The third-order valence-corrected chi connectivity index (χ3v) is 4.35. The van der Waals surface area contributed by atoms with Gasteiger partial charge in [-0.15, -0.1) is 0 Å². The van der Waals surface area contributed by atoms with E-state index in [4.69, 9.17) is 23.2 Å². The molecule has 1 unspecified atom stereocenters. The summed E-state index contributed by atoms with van der Waals surface area (Å²) in [4.78, 5) is 28.6. The monoisotopic (exact) mass is 398 g/mol. The second-order valence-corrected chi connectivity index (χ2v) is 6.29. The number of carboxylic acids is 1. The van der Waals surface area contributed by atoms with Crippen molar-refractivity contribution in [2.45, 2.75) is 5.54 Å². The van der Waals surface area contributed by atoms with Gasteiger partial charge in [0.1, 0.15) is 0 Å². The Labute approximate surface area is 181 Å². The molecule has 0 aromatic heterocycles. The fraction of sp³-hybridized carbons (Fsp3) is 0.0556. The number of nitrogens with zero attached hydrogens (tertiary/aromatic N) is 1. The van der Waals surface area contributed by atoms with Crippen LogP contribution in [0.4, 0.5) is 5.69 Å². The Bertz CT molecular complexity index is 1020. The van der Waals surface area contributed by atoms with Crippen molar-refractivity contribution < 1.29 is 14.7 Å². The summed E-state index contributed by atoms with van der Waals surface area (Å²) in [5.74, 6) is -1.98. The number of benzene rings is 2. The Morgan fingerprint density at radius 1 is 1.15 bits per heavy atom. The van der Waals surface area contributed by atoms with Gasteiger partial charge in [0.15, 0.2) is 0 Å². The topological polar surface area (TPSA) is 78.8 Å². The zero-order valence-electron chi connectivity index (χ0n) is 12.8. The summed E-state index contributed by atoms with van der Waals surface area (Å²) in [6.45, 7) is 3.67. The van der Waals surface area contributed by atoms with E-state index in [1.54, 1.807) is 30.3 Å². The fourth-order valence-corrected chi connectivity index (χ4v) is 3.07. The van der Waals surface area contributed by atoms with Crippen LogP contribution in [0.25, 0.3) is 6.08 Å². The van der Waals surface area contributed by atoms with Crippen LogP contribution in [0.15, 0.2) is 59.6 Å². The number of hydrogen-bond donors (Lipinski definition) is 2. The van der Waals surface area contributed by atoms with Crippen molar-refractivity contribution in [2.24, 2.45) is 4.99 Å². The average Bonchev–Trinajstić information content (AvgIpc) is 2.96. The Morgan fingerprint density at radius 2 is 1.81 bits per heavy atom. The van der Waals surface area contributed by atoms with E-state index < -0.39 is 17.4 Å². The Hall–Kier alpha value is -1.63. The van der Waals surface area contributed by atoms with Crippen molar-refractivity contribution in [3.05, 3.63) is 75.2 Å². The van der Waals surface area contributed by atoms with E-state index in [1.807, 2.05) is 0 Å². The first kappa shape index (κ1) is 20.7. The zero-order valence-corrected chi connectivity index (χ0v) is 14.3. The van der Waals surface area contributed by atoms with E-state index in [0.717, 1.165) is 0 Å². The predicted octanol–water partition coefficient (Wildman–Crippen LogP) is 1.78. The Balaban J connectivity index is 0.00000243. The summed E-state index contributed by atoms with van der Waals surface area (Å²) in [5.41, 5.74) is -1.65. The van der Waals surface area contributed by atoms with E-state index in [2.05, 4.69) is 16.9 Å². The molecule has 26 heavy (non-hydrogen) atoms. The van der Waals surface area contributed by atoms with Crippen molar-refractivity contribution in [3.8, 4) is 0 Å². The molecule has 1 heterocycles. The van der Waals surface area contributed by atoms with Gasteiger partial charge in [-0.1, -0.05) is 48.0 Å². The number of carbonyl (C=O) groups excluding carboxylic acids is 1. The maximum atomic E-state index is 12.5. The third-order valence-electron chi connectivity index (χ3n) is 3.81. The number of rotatable bonds is 4. The van der Waals surface area contributed by atoms with Crippen LogP contribution < -0.4 is 15.9 Å². The third kappa shape index (κ3) is 3.72. The molecule has 0 bridgehead atoms. The van der Waals surface area contributed by atoms with Gasteiger partial charge in [-0.3, -0.25) is 9.79 Å². The fourth-order valence-electron chi connectivity index (χ4n) is 2.53. The molecule has 0 spiro atoms. The molecule has 0 fully saturated rings. The molecule has 0 saturated carbocycles. The molecule has 1 aliphatic heterocycles. The van der Waals surface area contributed by atoms with Gasteiger partial charge in [-0.2, -0.15) is 0 Å². The molecule has 128 valence electrons. The van der Waals surface area contributed by atoms with Gasteiger partial charge in [0.05, 0.1) is 16.0 Å². The van der Waals surface area contributed by atoms with Crippen LogP contribution in [-0.4, -0.2) is 52.1 Å². The molecule has 0 saturated heterocycles. The van der Waals surface area contributed by atoms with Crippen LogP contribution in [0.5, 0.6) is 0 Å². The minimum atomic E-state index is -1.94. The molecule has 2 aromatic rings. The first-order valence-corrected chi connectivity index (χ1v) is 7.96. The number of aliphatic carboxylic acids is 1. The maximum absolute atomic E-state index is 12.5.